The Kier molecular flexibility index (Phi) is 6.25. The molecule has 0 fully saturated rings. The first-order valence-corrected chi connectivity index (χ1v) is 9.72. The topological polar surface area (TPSA) is 26.0 Å². The summed E-state index contributed by atoms with van der Waals surface area (Å²) < 4.78 is 0. The van der Waals surface area contributed by atoms with Gasteiger partial charge in [0.15, 0.2) is 0 Å². The minimum absolute atomic E-state index is 0.0150. The first kappa shape index (κ1) is 18.4. The van der Waals surface area contributed by atoms with Gasteiger partial charge in [0.25, 0.3) is 0 Å². The van der Waals surface area contributed by atoms with Crippen molar-refractivity contribution < 1.29 is 0 Å². The minimum atomic E-state index is -0.336. The highest BCUT2D eigenvalue weighted by atomic mass is 14.7. The van der Waals surface area contributed by atoms with E-state index in [-0.39, 0.29) is 11.5 Å². The maximum Gasteiger partial charge on any atom is 0.0602 e. The molecule has 134 valence electrons. The van der Waals surface area contributed by atoms with Gasteiger partial charge in [-0.25, -0.2) is 0 Å². The van der Waals surface area contributed by atoms with Gasteiger partial charge in [-0.1, -0.05) is 117 Å². The van der Waals surface area contributed by atoms with Gasteiger partial charge in [0.05, 0.1) is 5.41 Å². The molecular weight excluding hydrogens is 314 g/mol. The van der Waals surface area contributed by atoms with Crippen LogP contribution in [0.2, 0.25) is 0 Å². The van der Waals surface area contributed by atoms with Crippen molar-refractivity contribution in [3.05, 3.63) is 108 Å². The van der Waals surface area contributed by atoms with Crippen LogP contribution in [0.3, 0.4) is 0 Å². The summed E-state index contributed by atoms with van der Waals surface area (Å²) in [5, 5.41) is 0. The molecule has 0 saturated heterocycles. The normalized spacial score (nSPS) is 12.7. The van der Waals surface area contributed by atoms with Crippen LogP contribution in [0.4, 0.5) is 0 Å². The van der Waals surface area contributed by atoms with Gasteiger partial charge in [0.2, 0.25) is 0 Å². The third-order valence-corrected chi connectivity index (χ3v) is 5.36. The van der Waals surface area contributed by atoms with E-state index >= 15 is 0 Å². The lowest BCUT2D eigenvalue weighted by molar-refractivity contribution is 0.430. The highest BCUT2D eigenvalue weighted by Gasteiger charge is 2.41. The number of hydrogen-bond donors (Lipinski definition) is 1. The second-order valence-corrected chi connectivity index (χ2v) is 7.01. The van der Waals surface area contributed by atoms with Crippen molar-refractivity contribution in [2.24, 2.45) is 5.73 Å². The number of benzene rings is 3. The van der Waals surface area contributed by atoms with E-state index in [2.05, 4.69) is 97.9 Å². The maximum absolute atomic E-state index is 6.99. The Bertz CT molecular complexity index is 668. The Labute approximate surface area is 157 Å². The average Bonchev–Trinajstić information content (AvgIpc) is 2.71. The molecule has 1 atom stereocenters. The van der Waals surface area contributed by atoms with Gasteiger partial charge in [-0.3, -0.25) is 0 Å². The van der Waals surface area contributed by atoms with Gasteiger partial charge in [-0.15, -0.1) is 0 Å². The second-order valence-electron chi connectivity index (χ2n) is 7.01. The Balaban J connectivity index is 2.21. The van der Waals surface area contributed by atoms with Crippen LogP contribution in [-0.2, 0) is 5.41 Å². The summed E-state index contributed by atoms with van der Waals surface area (Å²) in [6, 6.07) is 32.3. The Morgan fingerprint density at radius 1 is 0.654 bits per heavy atom. The van der Waals surface area contributed by atoms with Gasteiger partial charge >= 0.3 is 0 Å². The van der Waals surface area contributed by atoms with Crippen molar-refractivity contribution in [3.8, 4) is 0 Å². The van der Waals surface area contributed by atoms with Gasteiger partial charge in [0.1, 0.15) is 0 Å². The molecule has 3 rings (SSSR count). The predicted octanol–water partition coefficient (Wildman–Crippen LogP) is 5.93. The highest BCUT2D eigenvalue weighted by molar-refractivity contribution is 5.52. The molecule has 0 aromatic heterocycles. The van der Waals surface area contributed by atoms with Crippen LogP contribution >= 0.6 is 0 Å². The van der Waals surface area contributed by atoms with Gasteiger partial charge < -0.3 is 5.73 Å². The lowest BCUT2D eigenvalue weighted by atomic mass is 9.64. The quantitative estimate of drug-likeness (QED) is 0.398. The van der Waals surface area contributed by atoms with Crippen molar-refractivity contribution >= 4 is 0 Å². The van der Waals surface area contributed by atoms with E-state index in [1.165, 1.54) is 29.5 Å². The second kappa shape index (κ2) is 8.82. The van der Waals surface area contributed by atoms with Crippen molar-refractivity contribution in [2.75, 3.05) is 0 Å². The standard InChI is InChI=1S/C25H29N/c1-2-3-7-20-24(26)25(21-14-8-4-9-15-21,22-16-10-5-11-17-22)23-18-12-6-13-19-23/h4-6,8-19,24H,2-3,7,20,26H2,1H3/t24-/m0/s1. The fourth-order valence-electron chi connectivity index (χ4n) is 4.08. The molecule has 1 nitrogen and oxygen atoms in total. The van der Waals surface area contributed by atoms with E-state index in [0.717, 1.165) is 12.8 Å². The molecule has 0 heterocycles. The molecule has 0 radical (unpaired) electrons. The van der Waals surface area contributed by atoms with E-state index in [1.807, 2.05) is 0 Å². The van der Waals surface area contributed by atoms with Crippen molar-refractivity contribution in [1.82, 2.24) is 0 Å². The van der Waals surface area contributed by atoms with Crippen LogP contribution in [0.25, 0.3) is 0 Å². The summed E-state index contributed by atoms with van der Waals surface area (Å²) >= 11 is 0. The largest absolute Gasteiger partial charge is 0.326 e. The molecule has 0 amide bonds. The van der Waals surface area contributed by atoms with Crippen molar-refractivity contribution in [3.63, 3.8) is 0 Å². The lowest BCUT2D eigenvalue weighted by Gasteiger charge is -2.41. The lowest BCUT2D eigenvalue weighted by Crippen LogP contribution is -2.47. The SMILES string of the molecule is CCCCC[C@H](N)C(c1ccccc1)(c1ccccc1)c1ccccc1. The Hall–Kier alpha value is -2.38. The third kappa shape index (κ3) is 3.59. The molecule has 3 aromatic carbocycles. The first-order valence-electron chi connectivity index (χ1n) is 9.72. The minimum Gasteiger partial charge on any atom is -0.326 e. The Morgan fingerprint density at radius 2 is 1.04 bits per heavy atom. The molecule has 3 aromatic rings. The monoisotopic (exact) mass is 343 g/mol. The van der Waals surface area contributed by atoms with Gasteiger partial charge in [0, 0.05) is 6.04 Å². The smallest absolute Gasteiger partial charge is 0.0602 e. The zero-order valence-electron chi connectivity index (χ0n) is 15.6. The van der Waals surface area contributed by atoms with Crippen molar-refractivity contribution in [2.45, 2.75) is 44.1 Å². The van der Waals surface area contributed by atoms with E-state index in [4.69, 9.17) is 5.73 Å². The fourth-order valence-corrected chi connectivity index (χ4v) is 4.08. The zero-order valence-corrected chi connectivity index (χ0v) is 15.6. The molecule has 0 bridgehead atoms. The van der Waals surface area contributed by atoms with E-state index < -0.39 is 0 Å². The summed E-state index contributed by atoms with van der Waals surface area (Å²) in [4.78, 5) is 0. The Morgan fingerprint density at radius 3 is 1.38 bits per heavy atom. The summed E-state index contributed by atoms with van der Waals surface area (Å²) in [5.74, 6) is 0. The molecule has 0 aliphatic heterocycles. The van der Waals surface area contributed by atoms with Gasteiger partial charge in [-0.2, -0.15) is 0 Å². The molecular formula is C25H29N. The molecule has 2 N–H and O–H groups in total. The fraction of sp³-hybridized carbons (Fsp3) is 0.280. The third-order valence-electron chi connectivity index (χ3n) is 5.36. The number of rotatable bonds is 8. The van der Waals surface area contributed by atoms with E-state index in [0.29, 0.717) is 0 Å². The summed E-state index contributed by atoms with van der Waals surface area (Å²) in [6.45, 7) is 2.24. The average molecular weight is 344 g/mol. The highest BCUT2D eigenvalue weighted by Crippen LogP contribution is 2.42. The molecule has 0 saturated carbocycles. The number of nitrogens with two attached hydrogens (primary N) is 1. The molecule has 0 aliphatic rings. The predicted molar refractivity (Wildman–Crippen MR) is 111 cm³/mol. The summed E-state index contributed by atoms with van der Waals surface area (Å²) in [7, 11) is 0. The number of unbranched alkanes of at least 4 members (excludes halogenated alkanes) is 2. The van der Waals surface area contributed by atoms with Crippen LogP contribution in [0, 0.1) is 0 Å². The molecule has 1 heteroatoms. The van der Waals surface area contributed by atoms with Crippen LogP contribution in [0.5, 0.6) is 0 Å². The summed E-state index contributed by atoms with van der Waals surface area (Å²) in [6.07, 6.45) is 4.60. The van der Waals surface area contributed by atoms with E-state index in [9.17, 15) is 0 Å². The summed E-state index contributed by atoms with van der Waals surface area (Å²) in [5.41, 5.74) is 10.4. The molecule has 26 heavy (non-hydrogen) atoms. The van der Waals surface area contributed by atoms with Crippen molar-refractivity contribution in [1.29, 1.82) is 0 Å². The maximum atomic E-state index is 6.99. The van der Waals surface area contributed by atoms with Crippen LogP contribution in [0.1, 0.15) is 49.3 Å². The molecule has 0 unspecified atom stereocenters. The first-order chi connectivity index (χ1) is 12.8. The zero-order chi connectivity index (χ0) is 18.2. The molecule has 0 aliphatic carbocycles. The van der Waals surface area contributed by atoms with Crippen LogP contribution in [-0.4, -0.2) is 6.04 Å². The molecule has 0 spiro atoms. The van der Waals surface area contributed by atoms with Crippen LogP contribution < -0.4 is 5.73 Å². The van der Waals surface area contributed by atoms with Crippen LogP contribution in [0.15, 0.2) is 91.0 Å². The number of hydrogen-bond acceptors (Lipinski definition) is 1. The van der Waals surface area contributed by atoms with Gasteiger partial charge in [-0.05, 0) is 23.1 Å². The van der Waals surface area contributed by atoms with E-state index in [1.54, 1.807) is 0 Å².